The van der Waals surface area contributed by atoms with Crippen LogP contribution in [-0.4, -0.2) is 41.9 Å². The van der Waals surface area contributed by atoms with Crippen molar-refractivity contribution in [2.24, 2.45) is 0 Å². The second-order valence-electron chi connectivity index (χ2n) is 7.31. The van der Waals surface area contributed by atoms with Crippen LogP contribution in [0.2, 0.25) is 0 Å². The molecule has 7 nitrogen and oxygen atoms in total. The molecule has 1 aliphatic rings. The molecule has 1 aliphatic heterocycles. The molecule has 1 amide bonds. The topological polar surface area (TPSA) is 71.7 Å². The van der Waals surface area contributed by atoms with E-state index in [1.54, 1.807) is 27.9 Å². The number of nitrogens with one attached hydrogen (secondary N) is 1. The second kappa shape index (κ2) is 7.20. The first kappa shape index (κ1) is 17.7. The predicted octanol–water partition coefficient (Wildman–Crippen LogP) is 2.99. The zero-order valence-corrected chi connectivity index (χ0v) is 15.9. The summed E-state index contributed by atoms with van der Waals surface area (Å²) in [6.45, 7) is 2.41. The number of para-hydroxylation sites is 1. The Bertz CT molecular complexity index is 1160. The molecule has 3 aromatic heterocycles. The molecular weight excluding hydrogens is 371 g/mol. The maximum Gasteiger partial charge on any atom is 0.274 e. The Kier molecular flexibility index (Phi) is 4.38. The highest BCUT2D eigenvalue weighted by molar-refractivity contribution is 5.92. The molecular formula is C21H21FN6O. The van der Waals surface area contributed by atoms with Crippen LogP contribution < -0.4 is 0 Å². The summed E-state index contributed by atoms with van der Waals surface area (Å²) in [5.41, 5.74) is 2.97. The molecule has 148 valence electrons. The predicted molar refractivity (Wildman–Crippen MR) is 106 cm³/mol. The van der Waals surface area contributed by atoms with Crippen molar-refractivity contribution in [3.05, 3.63) is 71.7 Å². The van der Waals surface area contributed by atoms with E-state index in [1.807, 2.05) is 29.2 Å². The average Bonchev–Trinajstić information content (AvgIpc) is 3.44. The maximum absolute atomic E-state index is 14.1. The fourth-order valence-electron chi connectivity index (χ4n) is 4.00. The van der Waals surface area contributed by atoms with Crippen LogP contribution in [-0.2, 0) is 26.1 Å². The molecule has 0 atom stereocenters. The SMILES string of the molecule is O=C(c1ccn(CCn2cccn2)n1)N1CCCc2c([nH]c3c(F)cccc23)C1. The van der Waals surface area contributed by atoms with Crippen LogP contribution in [0.4, 0.5) is 4.39 Å². The number of nitrogens with zero attached hydrogens (tertiary/aromatic N) is 5. The van der Waals surface area contributed by atoms with Crippen LogP contribution in [0.3, 0.4) is 0 Å². The van der Waals surface area contributed by atoms with Gasteiger partial charge in [-0.2, -0.15) is 10.2 Å². The largest absolute Gasteiger partial charge is 0.354 e. The van der Waals surface area contributed by atoms with Crippen LogP contribution >= 0.6 is 0 Å². The van der Waals surface area contributed by atoms with Crippen molar-refractivity contribution < 1.29 is 9.18 Å². The molecule has 29 heavy (non-hydrogen) atoms. The van der Waals surface area contributed by atoms with Crippen LogP contribution in [0, 0.1) is 5.82 Å². The number of rotatable bonds is 4. The van der Waals surface area contributed by atoms with Crippen molar-refractivity contribution in [1.82, 2.24) is 29.4 Å². The summed E-state index contributed by atoms with van der Waals surface area (Å²) in [4.78, 5) is 18.0. The normalized spacial score (nSPS) is 14.2. The van der Waals surface area contributed by atoms with E-state index >= 15 is 0 Å². The molecule has 0 saturated heterocycles. The van der Waals surface area contributed by atoms with Gasteiger partial charge >= 0.3 is 0 Å². The molecule has 0 unspecified atom stereocenters. The van der Waals surface area contributed by atoms with Gasteiger partial charge in [0.1, 0.15) is 11.5 Å². The second-order valence-corrected chi connectivity index (χ2v) is 7.31. The van der Waals surface area contributed by atoms with Gasteiger partial charge in [-0.25, -0.2) is 4.39 Å². The summed E-state index contributed by atoms with van der Waals surface area (Å²) in [5.74, 6) is -0.362. The highest BCUT2D eigenvalue weighted by Crippen LogP contribution is 2.29. The zero-order chi connectivity index (χ0) is 19.8. The Balaban J connectivity index is 1.34. The first-order valence-electron chi connectivity index (χ1n) is 9.77. The van der Waals surface area contributed by atoms with E-state index in [0.717, 1.165) is 29.5 Å². The summed E-state index contributed by atoms with van der Waals surface area (Å²) in [6, 6.07) is 8.75. The highest BCUT2D eigenvalue weighted by Gasteiger charge is 2.24. The lowest BCUT2D eigenvalue weighted by Crippen LogP contribution is -2.31. The smallest absolute Gasteiger partial charge is 0.274 e. The van der Waals surface area contributed by atoms with E-state index in [-0.39, 0.29) is 11.7 Å². The third-order valence-corrected chi connectivity index (χ3v) is 5.45. The number of benzene rings is 1. The molecule has 0 spiro atoms. The highest BCUT2D eigenvalue weighted by atomic mass is 19.1. The van der Waals surface area contributed by atoms with Gasteiger partial charge < -0.3 is 9.88 Å². The standard InChI is InChI=1S/C21H21FN6O/c22-17-6-1-4-16-15-5-2-9-26(14-19(15)24-20(16)17)21(29)18-7-11-28(25-18)13-12-27-10-3-8-23-27/h1,3-4,6-8,10-11,24H,2,5,9,12-14H2. The molecule has 4 heterocycles. The van der Waals surface area contributed by atoms with Crippen molar-refractivity contribution in [3.63, 3.8) is 0 Å². The average molecular weight is 392 g/mol. The number of carbonyl (C=O) groups excluding carboxylic acids is 1. The number of aryl methyl sites for hydroxylation is 3. The van der Waals surface area contributed by atoms with Crippen LogP contribution in [0.5, 0.6) is 0 Å². The Hall–Kier alpha value is -3.42. The van der Waals surface area contributed by atoms with E-state index in [4.69, 9.17) is 0 Å². The lowest BCUT2D eigenvalue weighted by molar-refractivity contribution is 0.0737. The number of hydrogen-bond donors (Lipinski definition) is 1. The third-order valence-electron chi connectivity index (χ3n) is 5.45. The quantitative estimate of drug-likeness (QED) is 0.580. The number of hydrogen-bond acceptors (Lipinski definition) is 3. The minimum absolute atomic E-state index is 0.102. The minimum Gasteiger partial charge on any atom is -0.354 e. The first-order valence-corrected chi connectivity index (χ1v) is 9.77. The third kappa shape index (κ3) is 3.30. The van der Waals surface area contributed by atoms with Crippen molar-refractivity contribution in [1.29, 1.82) is 0 Å². The molecule has 8 heteroatoms. The van der Waals surface area contributed by atoms with Gasteiger partial charge in [-0.1, -0.05) is 12.1 Å². The maximum atomic E-state index is 14.1. The molecule has 0 aliphatic carbocycles. The minimum atomic E-state index is -0.260. The summed E-state index contributed by atoms with van der Waals surface area (Å²) < 4.78 is 17.7. The first-order chi connectivity index (χ1) is 14.2. The van der Waals surface area contributed by atoms with Crippen LogP contribution in [0.15, 0.2) is 48.9 Å². The Labute approximate surface area is 166 Å². The lowest BCUT2D eigenvalue weighted by Gasteiger charge is -2.19. The molecule has 1 N–H and O–H groups in total. The van der Waals surface area contributed by atoms with Gasteiger partial charge in [0.2, 0.25) is 0 Å². The zero-order valence-electron chi connectivity index (χ0n) is 15.9. The molecule has 0 radical (unpaired) electrons. The number of aromatic nitrogens is 5. The number of carbonyl (C=O) groups is 1. The van der Waals surface area contributed by atoms with E-state index in [2.05, 4.69) is 15.2 Å². The fraction of sp³-hybridized carbons (Fsp3) is 0.286. The summed E-state index contributed by atoms with van der Waals surface area (Å²) in [7, 11) is 0. The van der Waals surface area contributed by atoms with Gasteiger partial charge in [-0.15, -0.1) is 0 Å². The van der Waals surface area contributed by atoms with Crippen molar-refractivity contribution in [2.45, 2.75) is 32.5 Å². The Morgan fingerprint density at radius 1 is 1.14 bits per heavy atom. The van der Waals surface area contributed by atoms with Crippen LogP contribution in [0.1, 0.15) is 28.2 Å². The van der Waals surface area contributed by atoms with E-state index in [9.17, 15) is 9.18 Å². The van der Waals surface area contributed by atoms with Crippen molar-refractivity contribution in [2.75, 3.05) is 6.54 Å². The van der Waals surface area contributed by atoms with Crippen molar-refractivity contribution in [3.8, 4) is 0 Å². The summed E-state index contributed by atoms with van der Waals surface area (Å²) >= 11 is 0. The molecule has 0 fully saturated rings. The number of H-pyrrole nitrogens is 1. The monoisotopic (exact) mass is 392 g/mol. The van der Waals surface area contributed by atoms with Crippen molar-refractivity contribution >= 4 is 16.8 Å². The van der Waals surface area contributed by atoms with E-state index < -0.39 is 0 Å². The molecule has 0 bridgehead atoms. The molecule has 0 saturated carbocycles. The van der Waals surface area contributed by atoms with E-state index in [1.165, 1.54) is 6.07 Å². The number of fused-ring (bicyclic) bond motifs is 3. The Morgan fingerprint density at radius 3 is 2.90 bits per heavy atom. The van der Waals surface area contributed by atoms with Gasteiger partial charge in [0.25, 0.3) is 5.91 Å². The van der Waals surface area contributed by atoms with Gasteiger partial charge in [-0.05, 0) is 36.6 Å². The molecule has 5 rings (SSSR count). The van der Waals surface area contributed by atoms with Gasteiger partial charge in [0.15, 0.2) is 0 Å². The molecule has 4 aromatic rings. The fourth-order valence-corrected chi connectivity index (χ4v) is 4.00. The van der Waals surface area contributed by atoms with Crippen LogP contribution in [0.25, 0.3) is 10.9 Å². The number of halogens is 1. The summed E-state index contributed by atoms with van der Waals surface area (Å²) in [6.07, 6.45) is 7.11. The van der Waals surface area contributed by atoms with Gasteiger partial charge in [0, 0.05) is 36.2 Å². The summed E-state index contributed by atoms with van der Waals surface area (Å²) in [5, 5.41) is 9.53. The number of aromatic amines is 1. The van der Waals surface area contributed by atoms with E-state index in [0.29, 0.717) is 37.4 Å². The Morgan fingerprint density at radius 2 is 2.03 bits per heavy atom. The lowest BCUT2D eigenvalue weighted by atomic mass is 10.1. The van der Waals surface area contributed by atoms with Gasteiger partial charge in [-0.3, -0.25) is 14.2 Å². The molecule has 1 aromatic carbocycles. The van der Waals surface area contributed by atoms with Gasteiger partial charge in [0.05, 0.1) is 25.2 Å². The number of amides is 1.